The van der Waals surface area contributed by atoms with Gasteiger partial charge in [-0.1, -0.05) is 18.2 Å². The van der Waals surface area contributed by atoms with Crippen molar-refractivity contribution >= 4 is 16.8 Å². The topological polar surface area (TPSA) is 95.3 Å². The van der Waals surface area contributed by atoms with Gasteiger partial charge in [-0.05, 0) is 25.1 Å². The molecule has 23 heavy (non-hydrogen) atoms. The SMILES string of the molecule is CC(O)(CNC(=O)c1cc(=O)[nH]c2ccccc12)c1ccco1. The van der Waals surface area contributed by atoms with E-state index in [0.29, 0.717) is 16.7 Å². The van der Waals surface area contributed by atoms with Gasteiger partial charge in [-0.25, -0.2) is 0 Å². The summed E-state index contributed by atoms with van der Waals surface area (Å²) in [6.07, 6.45) is 1.45. The molecule has 2 aromatic heterocycles. The second-order valence-electron chi connectivity index (χ2n) is 5.53. The van der Waals surface area contributed by atoms with Crippen molar-refractivity contribution in [2.45, 2.75) is 12.5 Å². The minimum atomic E-state index is -1.34. The van der Waals surface area contributed by atoms with Crippen LogP contribution in [-0.2, 0) is 5.60 Å². The zero-order valence-corrected chi connectivity index (χ0v) is 12.5. The summed E-state index contributed by atoms with van der Waals surface area (Å²) < 4.78 is 5.17. The molecule has 0 saturated carbocycles. The fourth-order valence-electron chi connectivity index (χ4n) is 2.41. The Hall–Kier alpha value is -2.86. The maximum Gasteiger partial charge on any atom is 0.252 e. The number of benzene rings is 1. The molecular weight excluding hydrogens is 296 g/mol. The lowest BCUT2D eigenvalue weighted by Crippen LogP contribution is -2.38. The number of fused-ring (bicyclic) bond motifs is 1. The fraction of sp³-hybridized carbons (Fsp3) is 0.176. The Balaban J connectivity index is 1.86. The second kappa shape index (κ2) is 5.73. The van der Waals surface area contributed by atoms with Crippen molar-refractivity contribution in [3.8, 4) is 0 Å². The number of rotatable bonds is 4. The van der Waals surface area contributed by atoms with Crippen LogP contribution in [0.4, 0.5) is 0 Å². The predicted octanol–water partition coefficient (Wildman–Crippen LogP) is 1.76. The highest BCUT2D eigenvalue weighted by Gasteiger charge is 2.27. The Labute approximate surface area is 131 Å². The average molecular weight is 312 g/mol. The van der Waals surface area contributed by atoms with Crippen LogP contribution in [0.5, 0.6) is 0 Å². The molecule has 1 amide bonds. The summed E-state index contributed by atoms with van der Waals surface area (Å²) in [5, 5.41) is 13.6. The molecule has 0 radical (unpaired) electrons. The number of para-hydroxylation sites is 1. The first-order valence-electron chi connectivity index (χ1n) is 7.14. The summed E-state index contributed by atoms with van der Waals surface area (Å²) >= 11 is 0. The van der Waals surface area contributed by atoms with Crippen LogP contribution in [0, 0.1) is 0 Å². The highest BCUT2D eigenvalue weighted by atomic mass is 16.4. The van der Waals surface area contributed by atoms with E-state index in [4.69, 9.17) is 4.42 Å². The summed E-state index contributed by atoms with van der Waals surface area (Å²) in [7, 11) is 0. The van der Waals surface area contributed by atoms with E-state index in [9.17, 15) is 14.7 Å². The van der Waals surface area contributed by atoms with Crippen LogP contribution in [0.25, 0.3) is 10.9 Å². The van der Waals surface area contributed by atoms with Gasteiger partial charge in [0.05, 0.1) is 18.4 Å². The van der Waals surface area contributed by atoms with Crippen LogP contribution in [0.1, 0.15) is 23.0 Å². The fourth-order valence-corrected chi connectivity index (χ4v) is 2.41. The van der Waals surface area contributed by atoms with E-state index in [2.05, 4.69) is 10.3 Å². The summed E-state index contributed by atoms with van der Waals surface area (Å²) in [5.41, 5.74) is -0.843. The molecule has 3 aromatic rings. The number of aromatic nitrogens is 1. The van der Waals surface area contributed by atoms with Gasteiger partial charge in [0, 0.05) is 17.0 Å². The summed E-state index contributed by atoms with van der Waals surface area (Å²) in [5.74, 6) is -0.0762. The Bertz CT molecular complexity index is 894. The number of carbonyl (C=O) groups excluding carboxylic acids is 1. The summed E-state index contributed by atoms with van der Waals surface area (Å²) in [4.78, 5) is 26.8. The van der Waals surface area contributed by atoms with Crippen molar-refractivity contribution in [2.75, 3.05) is 6.54 Å². The third-order valence-electron chi connectivity index (χ3n) is 3.64. The molecule has 0 aliphatic rings. The van der Waals surface area contributed by atoms with Gasteiger partial charge in [-0.3, -0.25) is 9.59 Å². The molecule has 6 heteroatoms. The van der Waals surface area contributed by atoms with Gasteiger partial charge in [0.25, 0.3) is 5.91 Å². The first-order valence-corrected chi connectivity index (χ1v) is 7.14. The molecule has 3 rings (SSSR count). The third kappa shape index (κ3) is 3.02. The molecule has 1 unspecified atom stereocenters. The van der Waals surface area contributed by atoms with E-state index >= 15 is 0 Å². The molecule has 118 valence electrons. The number of aliphatic hydroxyl groups is 1. The van der Waals surface area contributed by atoms with Crippen LogP contribution in [0.2, 0.25) is 0 Å². The highest BCUT2D eigenvalue weighted by molar-refractivity contribution is 6.05. The Morgan fingerprint density at radius 2 is 2.09 bits per heavy atom. The van der Waals surface area contributed by atoms with Crippen LogP contribution in [0.3, 0.4) is 0 Å². The Kier molecular flexibility index (Phi) is 3.75. The number of furan rings is 1. The molecule has 0 bridgehead atoms. The first-order chi connectivity index (χ1) is 11.0. The Morgan fingerprint density at radius 1 is 1.30 bits per heavy atom. The lowest BCUT2D eigenvalue weighted by Gasteiger charge is -2.21. The van der Waals surface area contributed by atoms with Crippen LogP contribution in [-0.4, -0.2) is 22.5 Å². The lowest BCUT2D eigenvalue weighted by molar-refractivity contribution is 0.0330. The van der Waals surface area contributed by atoms with E-state index in [1.807, 2.05) is 0 Å². The van der Waals surface area contributed by atoms with Gasteiger partial charge < -0.3 is 19.8 Å². The number of aromatic amines is 1. The standard InChI is InChI=1S/C17H16N2O4/c1-17(22,14-7-4-8-23-14)10-18-16(21)12-9-15(20)19-13-6-3-2-5-11(12)13/h2-9,22H,10H2,1H3,(H,18,21)(H,19,20). The van der Waals surface area contributed by atoms with Crippen molar-refractivity contribution in [1.82, 2.24) is 10.3 Å². The van der Waals surface area contributed by atoms with E-state index in [0.717, 1.165) is 0 Å². The van der Waals surface area contributed by atoms with Crippen LogP contribution in [0.15, 0.2) is 57.9 Å². The number of carbonyl (C=O) groups is 1. The number of nitrogens with one attached hydrogen (secondary N) is 2. The second-order valence-corrected chi connectivity index (χ2v) is 5.53. The maximum atomic E-state index is 12.4. The number of hydrogen-bond acceptors (Lipinski definition) is 4. The van der Waals surface area contributed by atoms with E-state index < -0.39 is 11.5 Å². The van der Waals surface area contributed by atoms with Gasteiger partial charge in [-0.15, -0.1) is 0 Å². The van der Waals surface area contributed by atoms with Crippen LogP contribution < -0.4 is 10.9 Å². The molecule has 0 saturated heterocycles. The number of H-pyrrole nitrogens is 1. The minimum absolute atomic E-state index is 0.0412. The number of pyridine rings is 1. The van der Waals surface area contributed by atoms with Crippen molar-refractivity contribution in [3.05, 3.63) is 70.4 Å². The van der Waals surface area contributed by atoms with Crippen molar-refractivity contribution in [1.29, 1.82) is 0 Å². The Morgan fingerprint density at radius 3 is 2.83 bits per heavy atom. The molecule has 1 atom stereocenters. The molecule has 0 aliphatic carbocycles. The molecule has 0 fully saturated rings. The summed E-state index contributed by atoms with van der Waals surface area (Å²) in [6, 6.07) is 11.6. The van der Waals surface area contributed by atoms with Crippen molar-refractivity contribution in [2.24, 2.45) is 0 Å². The zero-order valence-electron chi connectivity index (χ0n) is 12.5. The normalized spacial score (nSPS) is 13.7. The summed E-state index contributed by atoms with van der Waals surface area (Å²) in [6.45, 7) is 1.50. The van der Waals surface area contributed by atoms with Crippen molar-refractivity contribution < 1.29 is 14.3 Å². The van der Waals surface area contributed by atoms with E-state index in [1.54, 1.807) is 43.3 Å². The van der Waals surface area contributed by atoms with Crippen molar-refractivity contribution in [3.63, 3.8) is 0 Å². The molecule has 3 N–H and O–H groups in total. The number of hydrogen-bond donors (Lipinski definition) is 3. The molecular formula is C17H16N2O4. The van der Waals surface area contributed by atoms with Gasteiger partial charge >= 0.3 is 0 Å². The minimum Gasteiger partial charge on any atom is -0.466 e. The molecule has 0 spiro atoms. The highest BCUT2D eigenvalue weighted by Crippen LogP contribution is 2.20. The average Bonchev–Trinajstić information content (AvgIpc) is 3.07. The molecule has 6 nitrogen and oxygen atoms in total. The third-order valence-corrected chi connectivity index (χ3v) is 3.64. The monoisotopic (exact) mass is 312 g/mol. The lowest BCUT2D eigenvalue weighted by atomic mass is 10.0. The van der Waals surface area contributed by atoms with Crippen LogP contribution >= 0.6 is 0 Å². The predicted molar refractivity (Wildman–Crippen MR) is 85.2 cm³/mol. The largest absolute Gasteiger partial charge is 0.466 e. The van der Waals surface area contributed by atoms with E-state index in [-0.39, 0.29) is 17.7 Å². The molecule has 0 aliphatic heterocycles. The van der Waals surface area contributed by atoms with Gasteiger partial charge in [0.2, 0.25) is 5.56 Å². The van der Waals surface area contributed by atoms with Gasteiger partial charge in [0.1, 0.15) is 11.4 Å². The molecule has 1 aromatic carbocycles. The van der Waals surface area contributed by atoms with E-state index in [1.165, 1.54) is 12.3 Å². The van der Waals surface area contributed by atoms with Gasteiger partial charge in [-0.2, -0.15) is 0 Å². The molecule has 2 heterocycles. The quantitative estimate of drug-likeness (QED) is 0.684. The number of amides is 1. The zero-order chi connectivity index (χ0) is 16.4. The van der Waals surface area contributed by atoms with Gasteiger partial charge in [0.15, 0.2) is 0 Å². The first kappa shape index (κ1) is 15.1. The smallest absolute Gasteiger partial charge is 0.252 e. The maximum absolute atomic E-state index is 12.4.